The lowest BCUT2D eigenvalue weighted by Gasteiger charge is -2.33. The molecule has 160 valence electrons. The number of fused-ring (bicyclic) bond motifs is 1. The molecule has 0 spiro atoms. The van der Waals surface area contributed by atoms with Crippen molar-refractivity contribution in [3.63, 3.8) is 0 Å². The number of nitrogens with zero attached hydrogens (tertiary/aromatic N) is 2. The van der Waals surface area contributed by atoms with E-state index in [0.29, 0.717) is 12.6 Å². The minimum absolute atomic E-state index is 0.489. The molecule has 1 fully saturated rings. The molecule has 0 bridgehead atoms. The van der Waals surface area contributed by atoms with Crippen molar-refractivity contribution < 1.29 is 9.84 Å². The van der Waals surface area contributed by atoms with Crippen LogP contribution in [0.25, 0.3) is 10.9 Å². The molecule has 0 saturated carbocycles. The Labute approximate surface area is 175 Å². The zero-order valence-corrected chi connectivity index (χ0v) is 18.1. The molecule has 0 amide bonds. The molecule has 0 unspecified atom stereocenters. The first kappa shape index (κ1) is 22.0. The third-order valence-electron chi connectivity index (χ3n) is 6.11. The number of aromatic nitrogens is 1. The van der Waals surface area contributed by atoms with Crippen molar-refractivity contribution in [3.05, 3.63) is 36.0 Å². The SMILES string of the molecule is CCCCCCCN1CCC(NC[C@@H](O)c2ccnc3ccc(OC)cc23)CC1. The smallest absolute Gasteiger partial charge is 0.119 e. The summed E-state index contributed by atoms with van der Waals surface area (Å²) in [6.07, 6.45) is 10.3. The van der Waals surface area contributed by atoms with Gasteiger partial charge in [-0.15, -0.1) is 0 Å². The van der Waals surface area contributed by atoms with Gasteiger partial charge in [0, 0.05) is 24.2 Å². The van der Waals surface area contributed by atoms with Gasteiger partial charge in [-0.3, -0.25) is 4.98 Å². The van der Waals surface area contributed by atoms with Crippen LogP contribution >= 0.6 is 0 Å². The van der Waals surface area contributed by atoms with Crippen LogP contribution < -0.4 is 10.1 Å². The second-order valence-corrected chi connectivity index (χ2v) is 8.24. The van der Waals surface area contributed by atoms with E-state index in [1.807, 2.05) is 24.3 Å². The number of pyridine rings is 1. The van der Waals surface area contributed by atoms with Crippen molar-refractivity contribution in [1.29, 1.82) is 0 Å². The van der Waals surface area contributed by atoms with Gasteiger partial charge in [0.15, 0.2) is 0 Å². The zero-order valence-electron chi connectivity index (χ0n) is 18.1. The lowest BCUT2D eigenvalue weighted by molar-refractivity contribution is 0.151. The summed E-state index contributed by atoms with van der Waals surface area (Å²) in [6, 6.07) is 8.20. The van der Waals surface area contributed by atoms with E-state index < -0.39 is 6.10 Å². The van der Waals surface area contributed by atoms with Crippen molar-refractivity contribution in [3.8, 4) is 5.75 Å². The first-order valence-electron chi connectivity index (χ1n) is 11.3. The molecule has 2 N–H and O–H groups in total. The van der Waals surface area contributed by atoms with E-state index in [2.05, 4.69) is 22.1 Å². The number of likely N-dealkylation sites (tertiary alicyclic amines) is 1. The number of benzene rings is 1. The quantitative estimate of drug-likeness (QED) is 0.552. The van der Waals surface area contributed by atoms with E-state index in [4.69, 9.17) is 4.74 Å². The number of unbranched alkanes of at least 4 members (excludes halogenated alkanes) is 4. The van der Waals surface area contributed by atoms with Crippen LogP contribution in [0, 0.1) is 0 Å². The maximum Gasteiger partial charge on any atom is 0.119 e. The topological polar surface area (TPSA) is 57.6 Å². The second-order valence-electron chi connectivity index (χ2n) is 8.24. The monoisotopic (exact) mass is 399 g/mol. The Morgan fingerprint density at radius 1 is 1.17 bits per heavy atom. The lowest BCUT2D eigenvalue weighted by atomic mass is 10.0. The Balaban J connectivity index is 1.45. The Bertz CT molecular complexity index is 744. The van der Waals surface area contributed by atoms with Crippen LogP contribution in [0.1, 0.15) is 63.5 Å². The van der Waals surface area contributed by atoms with Gasteiger partial charge < -0.3 is 20.1 Å². The zero-order chi connectivity index (χ0) is 20.5. The third kappa shape index (κ3) is 6.39. The number of hydrogen-bond acceptors (Lipinski definition) is 5. The van der Waals surface area contributed by atoms with E-state index in [1.54, 1.807) is 13.3 Å². The fraction of sp³-hybridized carbons (Fsp3) is 0.625. The summed E-state index contributed by atoms with van der Waals surface area (Å²) < 4.78 is 5.34. The van der Waals surface area contributed by atoms with Crippen LogP contribution in [0.4, 0.5) is 0 Å². The summed E-state index contributed by atoms with van der Waals surface area (Å²) in [5.74, 6) is 0.786. The number of rotatable bonds is 11. The molecule has 5 nitrogen and oxygen atoms in total. The molecule has 1 aliphatic rings. The predicted molar refractivity (Wildman–Crippen MR) is 119 cm³/mol. The largest absolute Gasteiger partial charge is 0.497 e. The van der Waals surface area contributed by atoms with E-state index in [0.717, 1.165) is 48.1 Å². The van der Waals surface area contributed by atoms with Crippen LogP contribution in [0.2, 0.25) is 0 Å². The van der Waals surface area contributed by atoms with Gasteiger partial charge in [0.25, 0.3) is 0 Å². The highest BCUT2D eigenvalue weighted by atomic mass is 16.5. The number of methoxy groups -OCH3 is 1. The second kappa shape index (κ2) is 11.5. The van der Waals surface area contributed by atoms with Gasteiger partial charge in [-0.1, -0.05) is 32.6 Å². The summed E-state index contributed by atoms with van der Waals surface area (Å²) in [5.41, 5.74) is 1.79. The molecule has 1 aromatic carbocycles. The molecule has 2 heterocycles. The molecule has 2 aromatic rings. The Kier molecular flexibility index (Phi) is 8.71. The number of ether oxygens (including phenoxy) is 1. The third-order valence-corrected chi connectivity index (χ3v) is 6.11. The highest BCUT2D eigenvalue weighted by Gasteiger charge is 2.20. The van der Waals surface area contributed by atoms with E-state index in [1.165, 1.54) is 38.6 Å². The molecule has 1 atom stereocenters. The van der Waals surface area contributed by atoms with E-state index in [9.17, 15) is 5.11 Å². The lowest BCUT2D eigenvalue weighted by Crippen LogP contribution is -2.43. The predicted octanol–water partition coefficient (Wildman–Crippen LogP) is 4.30. The molecule has 29 heavy (non-hydrogen) atoms. The normalized spacial score (nSPS) is 16.9. The Morgan fingerprint density at radius 2 is 1.97 bits per heavy atom. The molecule has 0 radical (unpaired) electrons. The fourth-order valence-corrected chi connectivity index (χ4v) is 4.25. The van der Waals surface area contributed by atoms with Crippen molar-refractivity contribution in [1.82, 2.24) is 15.2 Å². The molecule has 1 aromatic heterocycles. The standard InChI is InChI=1S/C24H37N3O2/c1-3-4-5-6-7-14-27-15-11-19(12-16-27)26-18-24(28)21-10-13-25-23-9-8-20(29-2)17-22(21)23/h8-10,13,17,19,24,26,28H,3-7,11-12,14-16,18H2,1-2H3/t24-/m1/s1. The van der Waals surface area contributed by atoms with Crippen molar-refractivity contribution >= 4 is 10.9 Å². The highest BCUT2D eigenvalue weighted by molar-refractivity contribution is 5.83. The van der Waals surface area contributed by atoms with Gasteiger partial charge in [0.2, 0.25) is 0 Å². The molecular formula is C24H37N3O2. The van der Waals surface area contributed by atoms with Crippen LogP contribution in [0.15, 0.2) is 30.5 Å². The van der Waals surface area contributed by atoms with Crippen LogP contribution in [0.5, 0.6) is 5.75 Å². The molecule has 0 aliphatic carbocycles. The molecule has 1 aliphatic heterocycles. The number of aliphatic hydroxyl groups excluding tert-OH is 1. The van der Waals surface area contributed by atoms with Crippen LogP contribution in [-0.4, -0.2) is 54.3 Å². The average Bonchev–Trinajstić information content (AvgIpc) is 2.77. The Hall–Kier alpha value is -1.69. The van der Waals surface area contributed by atoms with Crippen molar-refractivity contribution in [2.24, 2.45) is 0 Å². The molecular weight excluding hydrogens is 362 g/mol. The average molecular weight is 400 g/mol. The highest BCUT2D eigenvalue weighted by Crippen LogP contribution is 2.26. The summed E-state index contributed by atoms with van der Waals surface area (Å²) >= 11 is 0. The summed E-state index contributed by atoms with van der Waals surface area (Å²) in [4.78, 5) is 7.01. The fourth-order valence-electron chi connectivity index (χ4n) is 4.25. The van der Waals surface area contributed by atoms with Gasteiger partial charge in [-0.2, -0.15) is 0 Å². The van der Waals surface area contributed by atoms with Gasteiger partial charge in [-0.05, 0) is 68.7 Å². The summed E-state index contributed by atoms with van der Waals surface area (Å²) in [6.45, 7) is 6.40. The van der Waals surface area contributed by atoms with Gasteiger partial charge in [0.05, 0.1) is 18.7 Å². The number of aliphatic hydroxyl groups is 1. The van der Waals surface area contributed by atoms with E-state index in [-0.39, 0.29) is 0 Å². The van der Waals surface area contributed by atoms with Crippen LogP contribution in [-0.2, 0) is 0 Å². The molecule has 1 saturated heterocycles. The number of hydrogen-bond donors (Lipinski definition) is 2. The first-order chi connectivity index (χ1) is 14.2. The summed E-state index contributed by atoms with van der Waals surface area (Å²) in [7, 11) is 1.66. The summed E-state index contributed by atoms with van der Waals surface area (Å²) in [5, 5.41) is 15.4. The maximum absolute atomic E-state index is 10.8. The Morgan fingerprint density at radius 3 is 2.72 bits per heavy atom. The molecule has 5 heteroatoms. The first-order valence-corrected chi connectivity index (χ1v) is 11.3. The number of piperidine rings is 1. The minimum atomic E-state index is -0.552. The van der Waals surface area contributed by atoms with Gasteiger partial charge in [0.1, 0.15) is 5.75 Å². The van der Waals surface area contributed by atoms with Crippen molar-refractivity contribution in [2.45, 2.75) is 64.0 Å². The minimum Gasteiger partial charge on any atom is -0.497 e. The van der Waals surface area contributed by atoms with Crippen molar-refractivity contribution in [2.75, 3.05) is 33.3 Å². The van der Waals surface area contributed by atoms with Gasteiger partial charge >= 0.3 is 0 Å². The van der Waals surface area contributed by atoms with E-state index >= 15 is 0 Å². The number of nitrogens with one attached hydrogen (secondary N) is 1. The maximum atomic E-state index is 10.8. The van der Waals surface area contributed by atoms with Gasteiger partial charge in [-0.25, -0.2) is 0 Å². The van der Waals surface area contributed by atoms with Crippen LogP contribution in [0.3, 0.4) is 0 Å². The molecule has 3 rings (SSSR count).